The quantitative estimate of drug-likeness (QED) is 0.644. The van der Waals surface area contributed by atoms with Gasteiger partial charge in [-0.05, 0) is 47.5 Å². The van der Waals surface area contributed by atoms with Crippen LogP contribution in [0, 0.1) is 11.6 Å². The maximum atomic E-state index is 14.3. The van der Waals surface area contributed by atoms with E-state index < -0.39 is 11.6 Å². The minimum Gasteiger partial charge on any atom is -0.369 e. The van der Waals surface area contributed by atoms with E-state index in [0.29, 0.717) is 17.7 Å². The van der Waals surface area contributed by atoms with Gasteiger partial charge in [0, 0.05) is 55.6 Å². The Morgan fingerprint density at radius 2 is 1.55 bits per heavy atom. The van der Waals surface area contributed by atoms with Crippen LogP contribution in [0.5, 0.6) is 0 Å². The number of benzene rings is 3. The van der Waals surface area contributed by atoms with Crippen molar-refractivity contribution in [3.63, 3.8) is 0 Å². The molecule has 3 aromatic rings. The van der Waals surface area contributed by atoms with E-state index in [1.54, 1.807) is 12.1 Å². The van der Waals surface area contributed by atoms with E-state index in [0.717, 1.165) is 49.1 Å². The summed E-state index contributed by atoms with van der Waals surface area (Å²) in [6, 6.07) is 18.9. The van der Waals surface area contributed by atoms with Gasteiger partial charge in [0.2, 0.25) is 6.29 Å². The molecule has 5 heteroatoms. The molecule has 0 bridgehead atoms. The van der Waals surface area contributed by atoms with Crippen molar-refractivity contribution in [1.29, 1.82) is 0 Å². The Labute approximate surface area is 169 Å². The van der Waals surface area contributed by atoms with Crippen molar-refractivity contribution >= 4 is 12.0 Å². The summed E-state index contributed by atoms with van der Waals surface area (Å²) >= 11 is 0. The fraction of sp³-hybridized carbons (Fsp3) is 0.208. The molecule has 147 valence electrons. The van der Waals surface area contributed by atoms with E-state index in [1.165, 1.54) is 12.1 Å². The van der Waals surface area contributed by atoms with E-state index in [-0.39, 0.29) is 0 Å². The number of halogens is 2. The van der Waals surface area contributed by atoms with Crippen molar-refractivity contribution in [2.45, 2.75) is 6.54 Å². The molecule has 29 heavy (non-hydrogen) atoms. The van der Waals surface area contributed by atoms with Crippen LogP contribution in [0.4, 0.5) is 14.5 Å². The predicted molar refractivity (Wildman–Crippen MR) is 111 cm³/mol. The molecule has 0 unspecified atom stereocenters. The van der Waals surface area contributed by atoms with Crippen LogP contribution in [-0.4, -0.2) is 37.4 Å². The monoisotopic (exact) mass is 391 g/mol. The molecule has 0 amide bonds. The summed E-state index contributed by atoms with van der Waals surface area (Å²) < 4.78 is 27.6. The zero-order chi connectivity index (χ0) is 20.2. The van der Waals surface area contributed by atoms with Crippen LogP contribution >= 0.6 is 0 Å². The van der Waals surface area contributed by atoms with Gasteiger partial charge in [-0.3, -0.25) is 9.69 Å². The van der Waals surface area contributed by atoms with Crippen molar-refractivity contribution in [3.05, 3.63) is 89.5 Å². The van der Waals surface area contributed by atoms with E-state index in [9.17, 15) is 13.6 Å². The highest BCUT2D eigenvalue weighted by Crippen LogP contribution is 2.28. The highest BCUT2D eigenvalue weighted by molar-refractivity contribution is 5.76. The van der Waals surface area contributed by atoms with Crippen molar-refractivity contribution < 1.29 is 13.6 Å². The topological polar surface area (TPSA) is 23.6 Å². The van der Waals surface area contributed by atoms with Crippen molar-refractivity contribution in [2.75, 3.05) is 31.1 Å². The minimum atomic E-state index is -0.570. The standard InChI is InChI=1S/C24H21F2N2O/c25-20-7-10-23(24(26)15-20)22-4-2-1-3-19(22)16-27-11-13-28(14-12-27)21-8-5-18(17-29)6-9-21/h1-10,15H,11-14,16H2. The van der Waals surface area contributed by atoms with Gasteiger partial charge in [0.05, 0.1) is 0 Å². The third-order valence-electron chi connectivity index (χ3n) is 5.36. The second-order valence-electron chi connectivity index (χ2n) is 7.19. The Morgan fingerprint density at radius 1 is 0.828 bits per heavy atom. The van der Waals surface area contributed by atoms with Gasteiger partial charge in [0.25, 0.3) is 0 Å². The number of nitrogens with zero attached hydrogens (tertiary/aromatic N) is 2. The van der Waals surface area contributed by atoms with Gasteiger partial charge in [-0.1, -0.05) is 24.3 Å². The molecule has 0 N–H and O–H groups in total. The summed E-state index contributed by atoms with van der Waals surface area (Å²) in [7, 11) is 0. The first-order valence-electron chi connectivity index (χ1n) is 9.63. The maximum absolute atomic E-state index is 14.3. The molecule has 1 fully saturated rings. The molecular weight excluding hydrogens is 370 g/mol. The molecule has 3 nitrogen and oxygen atoms in total. The largest absolute Gasteiger partial charge is 0.369 e. The lowest BCUT2D eigenvalue weighted by molar-refractivity contribution is 0.250. The summed E-state index contributed by atoms with van der Waals surface area (Å²) in [4.78, 5) is 15.3. The summed E-state index contributed by atoms with van der Waals surface area (Å²) in [6.07, 6.45) is 1.89. The van der Waals surface area contributed by atoms with E-state index in [1.807, 2.05) is 42.7 Å². The predicted octanol–water partition coefficient (Wildman–Crippen LogP) is 4.41. The Hall–Kier alpha value is -3.05. The molecule has 0 atom stereocenters. The fourth-order valence-electron chi connectivity index (χ4n) is 3.77. The summed E-state index contributed by atoms with van der Waals surface area (Å²) in [5.41, 5.74) is 3.90. The van der Waals surface area contributed by atoms with E-state index in [2.05, 4.69) is 9.80 Å². The van der Waals surface area contributed by atoms with Crippen LogP contribution in [0.15, 0.2) is 66.7 Å². The third kappa shape index (κ3) is 4.35. The van der Waals surface area contributed by atoms with Gasteiger partial charge in [0.1, 0.15) is 11.6 Å². The smallest absolute Gasteiger partial charge is 0.233 e. The molecule has 0 aromatic heterocycles. The molecule has 1 saturated heterocycles. The molecule has 1 aliphatic heterocycles. The van der Waals surface area contributed by atoms with E-state index in [4.69, 9.17) is 0 Å². The lowest BCUT2D eigenvalue weighted by Gasteiger charge is -2.36. The van der Waals surface area contributed by atoms with Crippen LogP contribution in [0.3, 0.4) is 0 Å². The number of anilines is 1. The zero-order valence-corrected chi connectivity index (χ0v) is 15.9. The van der Waals surface area contributed by atoms with Gasteiger partial charge < -0.3 is 4.90 Å². The average Bonchev–Trinajstić information content (AvgIpc) is 2.75. The third-order valence-corrected chi connectivity index (χ3v) is 5.36. The summed E-state index contributed by atoms with van der Waals surface area (Å²) in [5, 5.41) is 0. The maximum Gasteiger partial charge on any atom is 0.233 e. The Kier molecular flexibility index (Phi) is 5.67. The van der Waals surface area contributed by atoms with Crippen LogP contribution in [0.2, 0.25) is 0 Å². The lowest BCUT2D eigenvalue weighted by Crippen LogP contribution is -2.46. The van der Waals surface area contributed by atoms with E-state index >= 15 is 0 Å². The number of carbonyl (C=O) groups excluding carboxylic acids is 1. The van der Waals surface area contributed by atoms with Gasteiger partial charge in [-0.25, -0.2) is 8.78 Å². The molecule has 1 aliphatic rings. The number of hydrogen-bond acceptors (Lipinski definition) is 3. The fourth-order valence-corrected chi connectivity index (χ4v) is 3.77. The summed E-state index contributed by atoms with van der Waals surface area (Å²) in [5.74, 6) is -1.11. The molecule has 3 aromatic carbocycles. The Balaban J connectivity index is 1.45. The van der Waals surface area contributed by atoms with Gasteiger partial charge in [-0.15, -0.1) is 0 Å². The highest BCUT2D eigenvalue weighted by Gasteiger charge is 2.19. The van der Waals surface area contributed by atoms with Gasteiger partial charge in [-0.2, -0.15) is 0 Å². The number of piperazine rings is 1. The van der Waals surface area contributed by atoms with Crippen molar-refractivity contribution in [1.82, 2.24) is 4.90 Å². The average molecular weight is 391 g/mol. The molecule has 0 aliphatic carbocycles. The zero-order valence-electron chi connectivity index (χ0n) is 15.9. The second kappa shape index (κ2) is 8.53. The first-order chi connectivity index (χ1) is 14.1. The molecule has 1 radical (unpaired) electrons. The second-order valence-corrected chi connectivity index (χ2v) is 7.19. The first-order valence-corrected chi connectivity index (χ1v) is 9.63. The highest BCUT2D eigenvalue weighted by atomic mass is 19.1. The number of rotatable bonds is 5. The minimum absolute atomic E-state index is 0.424. The molecule has 0 spiro atoms. The Morgan fingerprint density at radius 3 is 2.24 bits per heavy atom. The van der Waals surface area contributed by atoms with Crippen LogP contribution < -0.4 is 4.90 Å². The normalized spacial score (nSPS) is 14.8. The summed E-state index contributed by atoms with van der Waals surface area (Å²) in [6.45, 7) is 4.21. The van der Waals surface area contributed by atoms with Crippen molar-refractivity contribution in [2.24, 2.45) is 0 Å². The molecule has 0 saturated carbocycles. The molecular formula is C24H21F2N2O. The lowest BCUT2D eigenvalue weighted by atomic mass is 9.98. The van der Waals surface area contributed by atoms with Crippen molar-refractivity contribution in [3.8, 4) is 11.1 Å². The molecule has 1 heterocycles. The van der Waals surface area contributed by atoms with Gasteiger partial charge >= 0.3 is 0 Å². The van der Waals surface area contributed by atoms with Crippen LogP contribution in [-0.2, 0) is 11.3 Å². The number of hydrogen-bond donors (Lipinski definition) is 0. The molecule has 4 rings (SSSR count). The van der Waals surface area contributed by atoms with Gasteiger partial charge in [0.15, 0.2) is 0 Å². The SMILES string of the molecule is O=[C]c1ccc(N2CCN(Cc3ccccc3-c3ccc(F)cc3F)CC2)cc1. The Bertz CT molecular complexity index is 996. The van der Waals surface area contributed by atoms with Crippen LogP contribution in [0.25, 0.3) is 11.1 Å². The first kappa shape index (κ1) is 19.3. The van der Waals surface area contributed by atoms with Crippen LogP contribution in [0.1, 0.15) is 11.1 Å².